The maximum absolute atomic E-state index is 6.45. The van der Waals surface area contributed by atoms with Crippen molar-refractivity contribution in [1.29, 1.82) is 0 Å². The second-order valence-electron chi connectivity index (χ2n) is 6.10. The molecule has 1 N–H and O–H groups in total. The lowest BCUT2D eigenvalue weighted by molar-refractivity contribution is 0.411. The molecule has 1 aliphatic heterocycles. The van der Waals surface area contributed by atoms with E-state index in [0.717, 1.165) is 17.9 Å². The van der Waals surface area contributed by atoms with Crippen LogP contribution in [0.1, 0.15) is 29.5 Å². The van der Waals surface area contributed by atoms with E-state index in [4.69, 9.17) is 27.9 Å². The van der Waals surface area contributed by atoms with E-state index < -0.39 is 0 Å². The van der Waals surface area contributed by atoms with E-state index in [2.05, 4.69) is 29.6 Å². The number of allylic oxidation sites excluding steroid dienone is 2. The van der Waals surface area contributed by atoms with Crippen molar-refractivity contribution in [2.24, 2.45) is 5.92 Å². The van der Waals surface area contributed by atoms with Crippen LogP contribution in [0.4, 0.5) is 5.69 Å². The Bertz CT molecular complexity index is 770. The largest absolute Gasteiger partial charge is 0.497 e. The van der Waals surface area contributed by atoms with Gasteiger partial charge in [-0.25, -0.2) is 0 Å². The minimum absolute atomic E-state index is 0.229. The van der Waals surface area contributed by atoms with Gasteiger partial charge in [0, 0.05) is 10.9 Å². The normalized spacial score (nSPS) is 24.7. The van der Waals surface area contributed by atoms with Gasteiger partial charge >= 0.3 is 0 Å². The molecule has 2 aromatic rings. The van der Waals surface area contributed by atoms with Crippen LogP contribution in [0.2, 0.25) is 10.0 Å². The molecule has 2 aromatic carbocycles. The molecule has 1 heterocycles. The Kier molecular flexibility index (Phi) is 3.74. The summed E-state index contributed by atoms with van der Waals surface area (Å²) in [6.07, 6.45) is 5.60. The third-order valence-electron chi connectivity index (χ3n) is 4.86. The molecule has 1 aliphatic carbocycles. The highest BCUT2D eigenvalue weighted by Crippen LogP contribution is 2.52. The first-order valence-corrected chi connectivity index (χ1v) is 8.49. The molecule has 2 nitrogen and oxygen atoms in total. The molecule has 0 radical (unpaired) electrons. The maximum atomic E-state index is 6.45. The summed E-state index contributed by atoms with van der Waals surface area (Å²) < 4.78 is 5.26. The summed E-state index contributed by atoms with van der Waals surface area (Å²) in [5.74, 6) is 1.70. The summed E-state index contributed by atoms with van der Waals surface area (Å²) in [4.78, 5) is 0. The first-order chi connectivity index (χ1) is 11.2. The van der Waals surface area contributed by atoms with Crippen LogP contribution in [0.15, 0.2) is 48.6 Å². The highest BCUT2D eigenvalue weighted by Gasteiger charge is 2.38. The minimum Gasteiger partial charge on any atom is -0.497 e. The molecule has 23 heavy (non-hydrogen) atoms. The molecule has 0 spiro atoms. The van der Waals surface area contributed by atoms with Gasteiger partial charge in [0.25, 0.3) is 0 Å². The van der Waals surface area contributed by atoms with E-state index in [0.29, 0.717) is 21.9 Å². The third kappa shape index (κ3) is 2.50. The summed E-state index contributed by atoms with van der Waals surface area (Å²) >= 11 is 12.7. The molecular weight excluding hydrogens is 329 g/mol. The van der Waals surface area contributed by atoms with Crippen molar-refractivity contribution in [3.05, 3.63) is 69.7 Å². The second kappa shape index (κ2) is 5.77. The molecule has 0 amide bonds. The first kappa shape index (κ1) is 14.9. The molecular formula is C19H17Cl2NO. The maximum Gasteiger partial charge on any atom is 0.118 e. The summed E-state index contributed by atoms with van der Waals surface area (Å²) in [6, 6.07) is 12.3. The van der Waals surface area contributed by atoms with Gasteiger partial charge in [0.1, 0.15) is 5.75 Å². The summed E-state index contributed by atoms with van der Waals surface area (Å²) in [7, 11) is 1.69. The number of fused-ring (bicyclic) bond motifs is 3. The minimum atomic E-state index is 0.229. The van der Waals surface area contributed by atoms with Crippen LogP contribution in [0.3, 0.4) is 0 Å². The number of benzene rings is 2. The second-order valence-corrected chi connectivity index (χ2v) is 6.94. The monoisotopic (exact) mass is 345 g/mol. The topological polar surface area (TPSA) is 21.3 Å². The Labute approximate surface area is 146 Å². The number of halogens is 2. The van der Waals surface area contributed by atoms with E-state index in [1.54, 1.807) is 13.2 Å². The van der Waals surface area contributed by atoms with Gasteiger partial charge in [0.05, 0.1) is 23.9 Å². The lowest BCUT2D eigenvalue weighted by atomic mass is 9.77. The Balaban J connectivity index is 1.78. The van der Waals surface area contributed by atoms with Crippen molar-refractivity contribution in [2.75, 3.05) is 12.4 Å². The zero-order chi connectivity index (χ0) is 16.0. The van der Waals surface area contributed by atoms with Crippen LogP contribution < -0.4 is 10.1 Å². The summed E-state index contributed by atoms with van der Waals surface area (Å²) in [5, 5.41) is 5.02. The lowest BCUT2D eigenvalue weighted by Gasteiger charge is -2.38. The van der Waals surface area contributed by atoms with Gasteiger partial charge in [-0.15, -0.1) is 0 Å². The third-order valence-corrected chi connectivity index (χ3v) is 5.38. The standard InChI is InChI=1S/C19H17Cl2NO/c1-23-13-7-5-11(6-8-13)18-15-4-2-3-14(15)16-9-12(20)10-17(21)19(16)22-18/h2-3,5-10,14-15,18,22H,4H2,1H3. The Morgan fingerprint density at radius 2 is 1.91 bits per heavy atom. The molecule has 0 saturated carbocycles. The highest BCUT2D eigenvalue weighted by atomic mass is 35.5. The number of anilines is 1. The number of hydrogen-bond acceptors (Lipinski definition) is 2. The van der Waals surface area contributed by atoms with Crippen molar-refractivity contribution >= 4 is 28.9 Å². The fourth-order valence-electron chi connectivity index (χ4n) is 3.76. The average molecular weight is 346 g/mol. The van der Waals surface area contributed by atoms with Gasteiger partial charge in [-0.05, 0) is 47.7 Å². The zero-order valence-corrected chi connectivity index (χ0v) is 14.2. The van der Waals surface area contributed by atoms with Gasteiger partial charge in [0.2, 0.25) is 0 Å². The molecule has 118 valence electrons. The van der Waals surface area contributed by atoms with Gasteiger partial charge in [0.15, 0.2) is 0 Å². The predicted octanol–water partition coefficient (Wildman–Crippen LogP) is 5.83. The van der Waals surface area contributed by atoms with Crippen molar-refractivity contribution in [1.82, 2.24) is 0 Å². The quantitative estimate of drug-likeness (QED) is 0.691. The molecule has 3 atom stereocenters. The highest BCUT2D eigenvalue weighted by molar-refractivity contribution is 6.36. The predicted molar refractivity (Wildman–Crippen MR) is 95.8 cm³/mol. The van der Waals surface area contributed by atoms with Gasteiger partial charge in [-0.1, -0.05) is 47.5 Å². The molecule has 0 saturated heterocycles. The molecule has 0 aromatic heterocycles. The number of rotatable bonds is 2. The van der Waals surface area contributed by atoms with Crippen molar-refractivity contribution < 1.29 is 4.74 Å². The van der Waals surface area contributed by atoms with Gasteiger partial charge in [-0.2, -0.15) is 0 Å². The van der Waals surface area contributed by atoms with Gasteiger partial charge < -0.3 is 10.1 Å². The van der Waals surface area contributed by atoms with Crippen LogP contribution >= 0.6 is 23.2 Å². The number of nitrogens with one attached hydrogen (secondary N) is 1. The van der Waals surface area contributed by atoms with E-state index in [9.17, 15) is 0 Å². The van der Waals surface area contributed by atoms with E-state index in [1.807, 2.05) is 18.2 Å². The van der Waals surface area contributed by atoms with Crippen LogP contribution in [0, 0.1) is 5.92 Å². The molecule has 0 fully saturated rings. The molecule has 2 aliphatic rings. The smallest absolute Gasteiger partial charge is 0.118 e. The molecule has 4 rings (SSSR count). The Hall–Kier alpha value is -1.64. The van der Waals surface area contributed by atoms with Crippen molar-refractivity contribution in [3.8, 4) is 5.75 Å². The van der Waals surface area contributed by atoms with Crippen LogP contribution in [-0.4, -0.2) is 7.11 Å². The average Bonchev–Trinajstić information content (AvgIpc) is 3.04. The van der Waals surface area contributed by atoms with E-state index in [-0.39, 0.29) is 6.04 Å². The zero-order valence-electron chi connectivity index (χ0n) is 12.7. The van der Waals surface area contributed by atoms with E-state index in [1.165, 1.54) is 11.1 Å². The van der Waals surface area contributed by atoms with Crippen molar-refractivity contribution in [3.63, 3.8) is 0 Å². The number of methoxy groups -OCH3 is 1. The fraction of sp³-hybridized carbons (Fsp3) is 0.263. The lowest BCUT2D eigenvalue weighted by Crippen LogP contribution is -2.29. The Morgan fingerprint density at radius 3 is 2.65 bits per heavy atom. The summed E-state index contributed by atoms with van der Waals surface area (Å²) in [5.41, 5.74) is 3.46. The van der Waals surface area contributed by atoms with Gasteiger partial charge in [-0.3, -0.25) is 0 Å². The Morgan fingerprint density at radius 1 is 1.13 bits per heavy atom. The first-order valence-electron chi connectivity index (χ1n) is 7.73. The molecule has 0 bridgehead atoms. The summed E-state index contributed by atoms with van der Waals surface area (Å²) in [6.45, 7) is 0. The number of hydrogen-bond donors (Lipinski definition) is 1. The molecule has 3 unspecified atom stereocenters. The van der Waals surface area contributed by atoms with Crippen LogP contribution in [0.5, 0.6) is 5.75 Å². The molecule has 4 heteroatoms. The number of ether oxygens (including phenoxy) is 1. The van der Waals surface area contributed by atoms with Crippen LogP contribution in [-0.2, 0) is 0 Å². The van der Waals surface area contributed by atoms with Crippen LogP contribution in [0.25, 0.3) is 0 Å². The van der Waals surface area contributed by atoms with E-state index >= 15 is 0 Å². The fourth-order valence-corrected chi connectivity index (χ4v) is 4.33. The van der Waals surface area contributed by atoms with Crippen molar-refractivity contribution in [2.45, 2.75) is 18.4 Å². The SMILES string of the molecule is COc1ccc(C2Nc3c(Cl)cc(Cl)cc3C3C=CCC32)cc1.